The Labute approximate surface area is 127 Å². The van der Waals surface area contributed by atoms with Crippen LogP contribution >= 0.6 is 0 Å². The Morgan fingerprint density at radius 2 is 1.55 bits per heavy atom. The minimum Gasteiger partial charge on any atom is -0.493 e. The molecule has 0 aliphatic rings. The van der Waals surface area contributed by atoms with Crippen molar-refractivity contribution in [3.63, 3.8) is 0 Å². The van der Waals surface area contributed by atoms with E-state index in [2.05, 4.69) is 5.32 Å². The summed E-state index contributed by atoms with van der Waals surface area (Å²) in [5.74, 6) is 0.280. The number of methoxy groups -OCH3 is 3. The SMILES string of the molecule is COc1ccc(C(=O)Nc2ccc(F)cc2)c(OC)c1OC. The van der Waals surface area contributed by atoms with Gasteiger partial charge in [-0.15, -0.1) is 0 Å². The number of nitrogens with one attached hydrogen (secondary N) is 1. The van der Waals surface area contributed by atoms with Gasteiger partial charge >= 0.3 is 0 Å². The Morgan fingerprint density at radius 1 is 0.909 bits per heavy atom. The van der Waals surface area contributed by atoms with Crippen molar-refractivity contribution in [1.82, 2.24) is 0 Å². The van der Waals surface area contributed by atoms with Gasteiger partial charge < -0.3 is 19.5 Å². The highest BCUT2D eigenvalue weighted by molar-refractivity contribution is 6.07. The maximum atomic E-state index is 12.9. The topological polar surface area (TPSA) is 56.8 Å². The number of anilines is 1. The number of rotatable bonds is 5. The van der Waals surface area contributed by atoms with Gasteiger partial charge in [-0.25, -0.2) is 4.39 Å². The lowest BCUT2D eigenvalue weighted by Crippen LogP contribution is -2.14. The first-order valence-electron chi connectivity index (χ1n) is 6.46. The van der Waals surface area contributed by atoms with Crippen LogP contribution in [0.15, 0.2) is 36.4 Å². The quantitative estimate of drug-likeness (QED) is 0.922. The lowest BCUT2D eigenvalue weighted by atomic mass is 10.1. The molecule has 0 aromatic heterocycles. The molecule has 6 heteroatoms. The summed E-state index contributed by atoms with van der Waals surface area (Å²) in [5, 5.41) is 2.67. The number of carbonyl (C=O) groups excluding carboxylic acids is 1. The van der Waals surface area contributed by atoms with Crippen molar-refractivity contribution < 1.29 is 23.4 Å². The number of ether oxygens (including phenoxy) is 3. The Balaban J connectivity index is 2.34. The van der Waals surface area contributed by atoms with Crippen LogP contribution in [0.1, 0.15) is 10.4 Å². The van der Waals surface area contributed by atoms with Crippen LogP contribution in [0.25, 0.3) is 0 Å². The number of halogens is 1. The van der Waals surface area contributed by atoms with Crippen molar-refractivity contribution in [3.05, 3.63) is 47.8 Å². The van der Waals surface area contributed by atoms with E-state index in [9.17, 15) is 9.18 Å². The molecular formula is C16H16FNO4. The molecule has 0 unspecified atom stereocenters. The number of hydrogen-bond acceptors (Lipinski definition) is 4. The Kier molecular flexibility index (Phi) is 4.83. The van der Waals surface area contributed by atoms with Gasteiger partial charge in [-0.1, -0.05) is 0 Å². The molecule has 0 saturated carbocycles. The second kappa shape index (κ2) is 6.80. The van der Waals surface area contributed by atoms with E-state index in [-0.39, 0.29) is 17.1 Å². The third kappa shape index (κ3) is 3.11. The van der Waals surface area contributed by atoms with Crippen molar-refractivity contribution in [1.29, 1.82) is 0 Å². The molecular weight excluding hydrogens is 289 g/mol. The largest absolute Gasteiger partial charge is 0.493 e. The lowest BCUT2D eigenvalue weighted by Gasteiger charge is -2.15. The first-order chi connectivity index (χ1) is 10.6. The van der Waals surface area contributed by atoms with Crippen LogP contribution in [-0.2, 0) is 0 Å². The maximum absolute atomic E-state index is 12.9. The second-order valence-electron chi connectivity index (χ2n) is 4.34. The molecule has 2 aromatic rings. The molecule has 116 valence electrons. The van der Waals surface area contributed by atoms with Gasteiger partial charge in [0.2, 0.25) is 5.75 Å². The zero-order valence-corrected chi connectivity index (χ0v) is 12.5. The van der Waals surface area contributed by atoms with Crippen molar-refractivity contribution >= 4 is 11.6 Å². The summed E-state index contributed by atoms with van der Waals surface area (Å²) in [6.45, 7) is 0. The van der Waals surface area contributed by atoms with Crippen LogP contribution < -0.4 is 19.5 Å². The minimum absolute atomic E-state index is 0.265. The van der Waals surface area contributed by atoms with Crippen LogP contribution in [0, 0.1) is 5.82 Å². The molecule has 0 saturated heterocycles. The van der Waals surface area contributed by atoms with Crippen molar-refractivity contribution in [3.8, 4) is 17.2 Å². The zero-order chi connectivity index (χ0) is 16.1. The highest BCUT2D eigenvalue weighted by Crippen LogP contribution is 2.39. The predicted molar refractivity (Wildman–Crippen MR) is 80.5 cm³/mol. The van der Waals surface area contributed by atoms with Gasteiger partial charge in [-0.2, -0.15) is 0 Å². The second-order valence-corrected chi connectivity index (χ2v) is 4.34. The van der Waals surface area contributed by atoms with Gasteiger partial charge in [0.1, 0.15) is 5.82 Å². The maximum Gasteiger partial charge on any atom is 0.259 e. The Morgan fingerprint density at radius 3 is 2.09 bits per heavy atom. The standard InChI is InChI=1S/C16H16FNO4/c1-20-13-9-8-12(14(21-2)15(13)22-3)16(19)18-11-6-4-10(17)5-7-11/h4-9H,1-3H3,(H,18,19). The molecule has 0 fully saturated rings. The molecule has 0 heterocycles. The summed E-state index contributed by atoms with van der Waals surface area (Å²) in [4.78, 5) is 12.4. The molecule has 0 aliphatic carbocycles. The van der Waals surface area contributed by atoms with Crippen LogP contribution in [0.5, 0.6) is 17.2 Å². The van der Waals surface area contributed by atoms with Crippen molar-refractivity contribution in [2.45, 2.75) is 0 Å². The molecule has 1 amide bonds. The molecule has 0 atom stereocenters. The molecule has 0 aliphatic heterocycles. The van der Waals surface area contributed by atoms with E-state index in [1.807, 2.05) is 0 Å². The molecule has 1 N–H and O–H groups in total. The summed E-state index contributed by atoms with van der Waals surface area (Å²) < 4.78 is 28.5. The zero-order valence-electron chi connectivity index (χ0n) is 12.5. The third-order valence-electron chi connectivity index (χ3n) is 3.05. The van der Waals surface area contributed by atoms with E-state index >= 15 is 0 Å². The molecule has 5 nitrogen and oxygen atoms in total. The highest BCUT2D eigenvalue weighted by Gasteiger charge is 2.20. The van der Waals surface area contributed by atoms with Gasteiger partial charge in [-0.3, -0.25) is 4.79 Å². The first-order valence-corrected chi connectivity index (χ1v) is 6.46. The highest BCUT2D eigenvalue weighted by atomic mass is 19.1. The minimum atomic E-state index is -0.399. The van der Waals surface area contributed by atoms with E-state index in [1.54, 1.807) is 12.1 Å². The number of benzene rings is 2. The van der Waals surface area contributed by atoms with Crippen LogP contribution in [0.3, 0.4) is 0 Å². The van der Waals surface area contributed by atoms with Crippen LogP contribution in [-0.4, -0.2) is 27.2 Å². The lowest BCUT2D eigenvalue weighted by molar-refractivity contribution is 0.102. The Hall–Kier alpha value is -2.76. The van der Waals surface area contributed by atoms with Gasteiger partial charge in [0, 0.05) is 5.69 Å². The fourth-order valence-corrected chi connectivity index (χ4v) is 2.01. The van der Waals surface area contributed by atoms with E-state index in [1.165, 1.54) is 45.6 Å². The van der Waals surface area contributed by atoms with Gasteiger partial charge in [0.15, 0.2) is 11.5 Å². The molecule has 0 spiro atoms. The summed E-state index contributed by atoms with van der Waals surface area (Å²) in [6.07, 6.45) is 0. The molecule has 2 aromatic carbocycles. The van der Waals surface area contributed by atoms with E-state index in [4.69, 9.17) is 14.2 Å². The van der Waals surface area contributed by atoms with Gasteiger partial charge in [0.05, 0.1) is 26.9 Å². The summed E-state index contributed by atoms with van der Waals surface area (Å²) in [6, 6.07) is 8.66. The summed E-state index contributed by atoms with van der Waals surface area (Å²) in [5.41, 5.74) is 0.757. The molecule has 22 heavy (non-hydrogen) atoms. The average molecular weight is 305 g/mol. The molecule has 2 rings (SSSR count). The van der Waals surface area contributed by atoms with Gasteiger partial charge in [0.25, 0.3) is 5.91 Å². The third-order valence-corrected chi connectivity index (χ3v) is 3.05. The van der Waals surface area contributed by atoms with E-state index < -0.39 is 5.91 Å². The van der Waals surface area contributed by atoms with E-state index in [0.29, 0.717) is 17.2 Å². The van der Waals surface area contributed by atoms with Crippen LogP contribution in [0.2, 0.25) is 0 Å². The van der Waals surface area contributed by atoms with Crippen molar-refractivity contribution in [2.75, 3.05) is 26.6 Å². The summed E-state index contributed by atoms with van der Waals surface area (Å²) >= 11 is 0. The normalized spacial score (nSPS) is 10.0. The van der Waals surface area contributed by atoms with Crippen molar-refractivity contribution in [2.24, 2.45) is 0 Å². The number of hydrogen-bond donors (Lipinski definition) is 1. The smallest absolute Gasteiger partial charge is 0.259 e. The fourth-order valence-electron chi connectivity index (χ4n) is 2.01. The number of carbonyl (C=O) groups is 1. The van der Waals surface area contributed by atoms with E-state index in [0.717, 1.165) is 0 Å². The average Bonchev–Trinajstić information content (AvgIpc) is 2.55. The predicted octanol–water partition coefficient (Wildman–Crippen LogP) is 3.10. The molecule has 0 radical (unpaired) electrons. The number of amides is 1. The summed E-state index contributed by atoms with van der Waals surface area (Å²) in [7, 11) is 4.39. The van der Waals surface area contributed by atoms with Gasteiger partial charge in [-0.05, 0) is 36.4 Å². The Bertz CT molecular complexity index is 671. The fraction of sp³-hybridized carbons (Fsp3) is 0.188. The molecule has 0 bridgehead atoms. The van der Waals surface area contributed by atoms with Crippen LogP contribution in [0.4, 0.5) is 10.1 Å². The monoisotopic (exact) mass is 305 g/mol. The first kappa shape index (κ1) is 15.6.